The molecule has 0 bridgehead atoms. The number of aromatic amines is 1. The molecule has 0 aliphatic heterocycles. The van der Waals surface area contributed by atoms with Crippen molar-refractivity contribution in [2.45, 2.75) is 13.1 Å². The number of anilines is 2. The van der Waals surface area contributed by atoms with Gasteiger partial charge in [0.15, 0.2) is 0 Å². The van der Waals surface area contributed by atoms with E-state index >= 15 is 0 Å². The fraction of sp³-hybridized carbons (Fsp3) is 0.190. The van der Waals surface area contributed by atoms with Crippen LogP contribution in [0.3, 0.4) is 0 Å². The summed E-state index contributed by atoms with van der Waals surface area (Å²) < 4.78 is 0. The molecule has 0 radical (unpaired) electrons. The molecule has 5 nitrogen and oxygen atoms in total. The van der Waals surface area contributed by atoms with Gasteiger partial charge < -0.3 is 20.9 Å². The highest BCUT2D eigenvalue weighted by atomic mass is 32.1. The van der Waals surface area contributed by atoms with Crippen molar-refractivity contribution in [1.29, 1.82) is 0 Å². The van der Waals surface area contributed by atoms with E-state index in [1.807, 2.05) is 30.6 Å². The lowest BCUT2D eigenvalue weighted by Gasteiger charge is -2.10. The Morgan fingerprint density at radius 2 is 1.74 bits per heavy atom. The first-order chi connectivity index (χ1) is 13.4. The van der Waals surface area contributed by atoms with Crippen molar-refractivity contribution in [3.05, 3.63) is 76.7 Å². The summed E-state index contributed by atoms with van der Waals surface area (Å²) in [6.07, 6.45) is 3.74. The van der Waals surface area contributed by atoms with Crippen LogP contribution >= 0.6 is 11.3 Å². The zero-order chi connectivity index (χ0) is 18.3. The van der Waals surface area contributed by atoms with E-state index < -0.39 is 0 Å². The molecule has 3 aromatic heterocycles. The maximum atomic E-state index is 4.34. The van der Waals surface area contributed by atoms with Crippen LogP contribution in [0.25, 0.3) is 11.0 Å². The molecule has 6 heteroatoms. The lowest BCUT2D eigenvalue weighted by Crippen LogP contribution is -2.26. The predicted molar refractivity (Wildman–Crippen MR) is 114 cm³/mol. The fourth-order valence-electron chi connectivity index (χ4n) is 3.01. The van der Waals surface area contributed by atoms with Crippen LogP contribution in [-0.4, -0.2) is 23.1 Å². The molecule has 0 amide bonds. The maximum absolute atomic E-state index is 4.34. The van der Waals surface area contributed by atoms with Crippen molar-refractivity contribution < 1.29 is 0 Å². The van der Waals surface area contributed by atoms with Gasteiger partial charge in [0, 0.05) is 48.8 Å². The van der Waals surface area contributed by atoms with Crippen LogP contribution in [0, 0.1) is 0 Å². The number of aromatic nitrogens is 2. The monoisotopic (exact) mass is 377 g/mol. The number of nitrogens with zero attached hydrogens (tertiary/aromatic N) is 1. The summed E-state index contributed by atoms with van der Waals surface area (Å²) in [4.78, 5) is 8.80. The van der Waals surface area contributed by atoms with Crippen LogP contribution in [-0.2, 0) is 13.1 Å². The summed E-state index contributed by atoms with van der Waals surface area (Å²) in [6.45, 7) is 3.64. The Morgan fingerprint density at radius 1 is 0.889 bits per heavy atom. The van der Waals surface area contributed by atoms with Gasteiger partial charge in [-0.2, -0.15) is 0 Å². The summed E-state index contributed by atoms with van der Waals surface area (Å²) in [7, 11) is 0. The topological polar surface area (TPSA) is 64.8 Å². The van der Waals surface area contributed by atoms with Crippen molar-refractivity contribution >= 4 is 33.7 Å². The van der Waals surface area contributed by atoms with Gasteiger partial charge in [-0.1, -0.05) is 30.3 Å². The molecule has 0 saturated heterocycles. The molecule has 138 valence electrons. The molecule has 1 aromatic carbocycles. The lowest BCUT2D eigenvalue weighted by molar-refractivity contribution is 0.614. The van der Waals surface area contributed by atoms with E-state index in [0.717, 1.165) is 48.6 Å². The van der Waals surface area contributed by atoms with Crippen molar-refractivity contribution in [2.24, 2.45) is 0 Å². The summed E-state index contributed by atoms with van der Waals surface area (Å²) >= 11 is 1.77. The van der Waals surface area contributed by atoms with Gasteiger partial charge in [-0.25, -0.2) is 4.98 Å². The minimum absolute atomic E-state index is 0.856. The Hall–Kier alpha value is -2.67. The second kappa shape index (κ2) is 8.81. The first kappa shape index (κ1) is 17.7. The number of H-pyrrole nitrogens is 1. The zero-order valence-electron chi connectivity index (χ0n) is 15.0. The Morgan fingerprint density at radius 3 is 2.63 bits per heavy atom. The highest BCUT2D eigenvalue weighted by molar-refractivity contribution is 7.10. The average molecular weight is 378 g/mol. The number of thiophene rings is 1. The van der Waals surface area contributed by atoms with Gasteiger partial charge in [0.2, 0.25) is 0 Å². The number of hydrogen-bond donors (Lipinski definition) is 4. The highest BCUT2D eigenvalue weighted by Gasteiger charge is 2.07. The van der Waals surface area contributed by atoms with E-state index in [1.54, 1.807) is 11.3 Å². The van der Waals surface area contributed by atoms with Crippen LogP contribution in [0.2, 0.25) is 0 Å². The van der Waals surface area contributed by atoms with Crippen molar-refractivity contribution in [3.8, 4) is 0 Å². The smallest absolute Gasteiger partial charge is 0.139 e. The van der Waals surface area contributed by atoms with Crippen LogP contribution in [0.15, 0.2) is 66.3 Å². The molecule has 0 saturated carbocycles. The molecule has 3 heterocycles. The molecular formula is C21H23N5S. The van der Waals surface area contributed by atoms with E-state index in [2.05, 4.69) is 61.6 Å². The molecule has 0 aliphatic carbocycles. The fourth-order valence-corrected chi connectivity index (χ4v) is 3.81. The lowest BCUT2D eigenvalue weighted by atomic mass is 10.2. The number of hydrogen-bond acceptors (Lipinski definition) is 5. The highest BCUT2D eigenvalue weighted by Crippen LogP contribution is 2.29. The van der Waals surface area contributed by atoms with Gasteiger partial charge in [0.25, 0.3) is 0 Å². The SMILES string of the molecule is c1ccc(CNCCNCc2sccc2Nc2ccnc3[nH]ccc23)cc1. The Labute approximate surface area is 162 Å². The molecular weight excluding hydrogens is 354 g/mol. The number of rotatable bonds is 9. The predicted octanol–water partition coefficient (Wildman–Crippen LogP) is 4.25. The van der Waals surface area contributed by atoms with Gasteiger partial charge in [-0.05, 0) is 29.1 Å². The van der Waals surface area contributed by atoms with E-state index in [0.29, 0.717) is 0 Å². The van der Waals surface area contributed by atoms with Gasteiger partial charge in [-0.15, -0.1) is 11.3 Å². The number of fused-ring (bicyclic) bond motifs is 1. The van der Waals surface area contributed by atoms with Gasteiger partial charge in [-0.3, -0.25) is 0 Å². The number of nitrogens with one attached hydrogen (secondary N) is 4. The van der Waals surface area contributed by atoms with Gasteiger partial charge >= 0.3 is 0 Å². The minimum Gasteiger partial charge on any atom is -0.354 e. The standard InChI is InChI=1S/C21H23N5S/c1-2-4-16(5-3-1)14-22-11-12-23-15-20-19(8-13-27-20)26-18-7-10-25-21-17(18)6-9-24-21/h1-10,13,22-23H,11-12,14-15H2,(H2,24,25,26). The number of benzene rings is 1. The summed E-state index contributed by atoms with van der Waals surface area (Å²) in [5.41, 5.74) is 4.44. The molecule has 0 fully saturated rings. The van der Waals surface area contributed by atoms with Crippen LogP contribution < -0.4 is 16.0 Å². The normalized spacial score (nSPS) is 11.1. The van der Waals surface area contributed by atoms with Crippen molar-refractivity contribution in [3.63, 3.8) is 0 Å². The van der Waals surface area contributed by atoms with E-state index in [-0.39, 0.29) is 0 Å². The molecule has 0 aliphatic rings. The molecule has 27 heavy (non-hydrogen) atoms. The molecule has 0 atom stereocenters. The second-order valence-corrected chi connectivity index (χ2v) is 7.32. The molecule has 4 aromatic rings. The molecule has 0 spiro atoms. The molecule has 4 rings (SSSR count). The molecule has 0 unspecified atom stereocenters. The van der Waals surface area contributed by atoms with E-state index in [1.165, 1.54) is 10.4 Å². The van der Waals surface area contributed by atoms with Gasteiger partial charge in [0.05, 0.1) is 11.4 Å². The Kier molecular flexibility index (Phi) is 5.79. The van der Waals surface area contributed by atoms with E-state index in [4.69, 9.17) is 0 Å². The summed E-state index contributed by atoms with van der Waals surface area (Å²) in [6, 6.07) is 16.7. The molecule has 4 N–H and O–H groups in total. The van der Waals surface area contributed by atoms with Crippen molar-refractivity contribution in [2.75, 3.05) is 18.4 Å². The second-order valence-electron chi connectivity index (χ2n) is 6.32. The minimum atomic E-state index is 0.856. The van der Waals surface area contributed by atoms with E-state index in [9.17, 15) is 0 Å². The first-order valence-corrected chi connectivity index (χ1v) is 9.99. The Bertz CT molecular complexity index is 976. The third kappa shape index (κ3) is 4.54. The average Bonchev–Trinajstić information content (AvgIpc) is 3.35. The first-order valence-electron chi connectivity index (χ1n) is 9.11. The largest absolute Gasteiger partial charge is 0.354 e. The van der Waals surface area contributed by atoms with Crippen LogP contribution in [0.4, 0.5) is 11.4 Å². The van der Waals surface area contributed by atoms with Crippen molar-refractivity contribution in [1.82, 2.24) is 20.6 Å². The zero-order valence-corrected chi connectivity index (χ0v) is 15.9. The third-order valence-corrected chi connectivity index (χ3v) is 5.33. The van der Waals surface area contributed by atoms with Gasteiger partial charge in [0.1, 0.15) is 5.65 Å². The number of pyridine rings is 1. The van der Waals surface area contributed by atoms with Crippen LogP contribution in [0.1, 0.15) is 10.4 Å². The summed E-state index contributed by atoms with van der Waals surface area (Å²) in [5, 5.41) is 13.8. The maximum Gasteiger partial charge on any atom is 0.139 e. The Balaban J connectivity index is 1.26. The third-order valence-electron chi connectivity index (χ3n) is 4.41. The van der Waals surface area contributed by atoms with Crippen LogP contribution in [0.5, 0.6) is 0 Å². The quantitative estimate of drug-likeness (QED) is 0.329. The summed E-state index contributed by atoms with van der Waals surface area (Å²) in [5.74, 6) is 0.